The molecule has 1 N–H and O–H groups in total. The van der Waals surface area contributed by atoms with Crippen LogP contribution in [0.5, 0.6) is 0 Å². The van der Waals surface area contributed by atoms with Gasteiger partial charge in [-0.1, -0.05) is 30.3 Å². The van der Waals surface area contributed by atoms with E-state index in [9.17, 15) is 13.2 Å². The number of piperidine rings is 1. The van der Waals surface area contributed by atoms with Crippen LogP contribution in [0, 0.1) is 5.92 Å². The standard InChI is InChI=1S/C17H20N4O3S/c1-25(23,24)21-9-5-8-14(12-21)17(22)20-15-10-18-16(19-11-15)13-6-3-2-4-7-13/h2-4,6-7,10-11,14H,5,8-9,12H2,1H3,(H,20,22). The van der Waals surface area contributed by atoms with Crippen molar-refractivity contribution in [2.45, 2.75) is 12.8 Å². The Labute approximate surface area is 147 Å². The summed E-state index contributed by atoms with van der Waals surface area (Å²) in [4.78, 5) is 20.9. The fourth-order valence-corrected chi connectivity index (χ4v) is 3.74. The van der Waals surface area contributed by atoms with Gasteiger partial charge in [-0.2, -0.15) is 0 Å². The summed E-state index contributed by atoms with van der Waals surface area (Å²) < 4.78 is 24.7. The monoisotopic (exact) mass is 360 g/mol. The van der Waals surface area contributed by atoms with Gasteiger partial charge in [-0.25, -0.2) is 22.7 Å². The highest BCUT2D eigenvalue weighted by molar-refractivity contribution is 7.88. The van der Waals surface area contributed by atoms with Crippen LogP contribution in [0.15, 0.2) is 42.7 Å². The van der Waals surface area contributed by atoms with Crippen molar-refractivity contribution < 1.29 is 13.2 Å². The Kier molecular flexibility index (Phi) is 5.10. The minimum atomic E-state index is -3.27. The highest BCUT2D eigenvalue weighted by Crippen LogP contribution is 2.21. The van der Waals surface area contributed by atoms with E-state index in [0.717, 1.165) is 5.56 Å². The van der Waals surface area contributed by atoms with Crippen LogP contribution in [0.25, 0.3) is 11.4 Å². The molecule has 8 heteroatoms. The number of amides is 1. The number of hydrogen-bond donors (Lipinski definition) is 1. The van der Waals surface area contributed by atoms with E-state index in [0.29, 0.717) is 30.9 Å². The van der Waals surface area contributed by atoms with Crippen LogP contribution in [0.1, 0.15) is 12.8 Å². The van der Waals surface area contributed by atoms with Crippen LogP contribution in [0.2, 0.25) is 0 Å². The molecule has 1 aliphatic rings. The summed E-state index contributed by atoms with van der Waals surface area (Å²) in [6.07, 6.45) is 5.63. The van der Waals surface area contributed by atoms with Gasteiger partial charge >= 0.3 is 0 Å². The average Bonchev–Trinajstić information content (AvgIpc) is 2.62. The van der Waals surface area contributed by atoms with Gasteiger partial charge in [-0.05, 0) is 12.8 Å². The molecule has 1 unspecified atom stereocenters. The minimum Gasteiger partial charge on any atom is -0.323 e. The molecule has 132 valence electrons. The summed E-state index contributed by atoms with van der Waals surface area (Å²) in [5.41, 5.74) is 1.40. The number of rotatable bonds is 4. The number of carbonyl (C=O) groups excluding carboxylic acids is 1. The molecule has 0 spiro atoms. The summed E-state index contributed by atoms with van der Waals surface area (Å²) >= 11 is 0. The molecule has 1 atom stereocenters. The first-order valence-corrected chi connectivity index (χ1v) is 9.92. The van der Waals surface area contributed by atoms with Crippen molar-refractivity contribution in [3.8, 4) is 11.4 Å². The zero-order chi connectivity index (χ0) is 17.9. The van der Waals surface area contributed by atoms with Gasteiger partial charge in [-0.15, -0.1) is 0 Å². The van der Waals surface area contributed by atoms with Crippen LogP contribution in [-0.2, 0) is 14.8 Å². The van der Waals surface area contributed by atoms with E-state index in [1.165, 1.54) is 10.6 Å². The quantitative estimate of drug-likeness (QED) is 0.897. The van der Waals surface area contributed by atoms with E-state index < -0.39 is 10.0 Å². The Morgan fingerprint density at radius 2 is 1.88 bits per heavy atom. The molecule has 2 heterocycles. The topological polar surface area (TPSA) is 92.3 Å². The summed E-state index contributed by atoms with van der Waals surface area (Å²) in [6, 6.07) is 9.56. The second-order valence-corrected chi connectivity index (χ2v) is 8.09. The third-order valence-electron chi connectivity index (χ3n) is 4.18. The average molecular weight is 360 g/mol. The maximum atomic E-state index is 12.4. The first kappa shape index (κ1) is 17.5. The fourth-order valence-electron chi connectivity index (χ4n) is 2.83. The smallest absolute Gasteiger partial charge is 0.228 e. The maximum Gasteiger partial charge on any atom is 0.228 e. The van der Waals surface area contributed by atoms with Crippen LogP contribution < -0.4 is 5.32 Å². The van der Waals surface area contributed by atoms with Gasteiger partial charge in [0.05, 0.1) is 30.3 Å². The van der Waals surface area contributed by atoms with Crippen molar-refractivity contribution in [1.82, 2.24) is 14.3 Å². The molecule has 0 aliphatic carbocycles. The van der Waals surface area contributed by atoms with Gasteiger partial charge in [0.1, 0.15) is 0 Å². The lowest BCUT2D eigenvalue weighted by Crippen LogP contribution is -2.43. The second-order valence-electron chi connectivity index (χ2n) is 6.11. The molecule has 1 aromatic heterocycles. The van der Waals surface area contributed by atoms with E-state index in [1.54, 1.807) is 12.4 Å². The Bertz CT molecular complexity index is 838. The maximum absolute atomic E-state index is 12.4. The van der Waals surface area contributed by atoms with Crippen LogP contribution in [0.3, 0.4) is 0 Å². The molecule has 0 radical (unpaired) electrons. The van der Waals surface area contributed by atoms with Crippen molar-refractivity contribution in [2.75, 3.05) is 24.7 Å². The highest BCUT2D eigenvalue weighted by atomic mass is 32.2. The number of aromatic nitrogens is 2. The summed E-state index contributed by atoms with van der Waals surface area (Å²) in [7, 11) is -3.27. The van der Waals surface area contributed by atoms with Crippen molar-refractivity contribution in [2.24, 2.45) is 5.92 Å². The number of hydrogen-bond acceptors (Lipinski definition) is 5. The Hall–Kier alpha value is -2.32. The van der Waals surface area contributed by atoms with Gasteiger partial charge in [0, 0.05) is 18.7 Å². The molecule has 0 bridgehead atoms. The summed E-state index contributed by atoms with van der Waals surface area (Å²) in [5.74, 6) is 0.0150. The highest BCUT2D eigenvalue weighted by Gasteiger charge is 2.30. The Balaban J connectivity index is 1.65. The van der Waals surface area contributed by atoms with Gasteiger partial charge in [0.25, 0.3) is 0 Å². The molecule has 25 heavy (non-hydrogen) atoms. The van der Waals surface area contributed by atoms with Gasteiger partial charge < -0.3 is 5.32 Å². The van der Waals surface area contributed by atoms with E-state index in [2.05, 4.69) is 15.3 Å². The number of benzene rings is 1. The van der Waals surface area contributed by atoms with Crippen molar-refractivity contribution in [3.05, 3.63) is 42.7 Å². The van der Waals surface area contributed by atoms with Gasteiger partial charge in [0.2, 0.25) is 15.9 Å². The first-order chi connectivity index (χ1) is 11.9. The molecule has 1 amide bonds. The molecule has 1 fully saturated rings. The predicted molar refractivity (Wildman–Crippen MR) is 95.2 cm³/mol. The van der Waals surface area contributed by atoms with Gasteiger partial charge in [0.15, 0.2) is 5.82 Å². The molecule has 2 aromatic rings. The number of carbonyl (C=O) groups is 1. The zero-order valence-electron chi connectivity index (χ0n) is 13.9. The molecular formula is C17H20N4O3S. The lowest BCUT2D eigenvalue weighted by molar-refractivity contribution is -0.120. The van der Waals surface area contributed by atoms with Crippen LogP contribution in [0.4, 0.5) is 5.69 Å². The van der Waals surface area contributed by atoms with Crippen molar-refractivity contribution >= 4 is 21.6 Å². The van der Waals surface area contributed by atoms with E-state index in [1.807, 2.05) is 30.3 Å². The third-order valence-corrected chi connectivity index (χ3v) is 5.44. The SMILES string of the molecule is CS(=O)(=O)N1CCCC(C(=O)Nc2cnc(-c3ccccc3)nc2)C1. The zero-order valence-corrected chi connectivity index (χ0v) is 14.7. The molecule has 1 aliphatic heterocycles. The number of nitrogens with zero attached hydrogens (tertiary/aromatic N) is 3. The van der Waals surface area contributed by atoms with E-state index in [-0.39, 0.29) is 18.4 Å². The van der Waals surface area contributed by atoms with Crippen LogP contribution >= 0.6 is 0 Å². The van der Waals surface area contributed by atoms with Crippen molar-refractivity contribution in [3.63, 3.8) is 0 Å². The normalized spacial score (nSPS) is 18.7. The third kappa shape index (κ3) is 4.40. The Morgan fingerprint density at radius 1 is 1.20 bits per heavy atom. The molecule has 7 nitrogen and oxygen atoms in total. The van der Waals surface area contributed by atoms with E-state index in [4.69, 9.17) is 0 Å². The lowest BCUT2D eigenvalue weighted by Gasteiger charge is -2.30. The van der Waals surface area contributed by atoms with Crippen LogP contribution in [-0.4, -0.2) is 47.9 Å². The first-order valence-electron chi connectivity index (χ1n) is 8.07. The fraction of sp³-hybridized carbons (Fsp3) is 0.353. The molecular weight excluding hydrogens is 340 g/mol. The number of anilines is 1. The van der Waals surface area contributed by atoms with Gasteiger partial charge in [-0.3, -0.25) is 4.79 Å². The predicted octanol–water partition coefficient (Wildman–Crippen LogP) is 1.75. The van der Waals surface area contributed by atoms with E-state index >= 15 is 0 Å². The second kappa shape index (κ2) is 7.28. The molecule has 0 saturated carbocycles. The molecule has 1 aromatic carbocycles. The number of sulfonamides is 1. The van der Waals surface area contributed by atoms with Crippen molar-refractivity contribution in [1.29, 1.82) is 0 Å². The lowest BCUT2D eigenvalue weighted by atomic mass is 9.99. The Morgan fingerprint density at radius 3 is 2.52 bits per heavy atom. The minimum absolute atomic E-state index is 0.204. The summed E-state index contributed by atoms with van der Waals surface area (Å²) in [5, 5.41) is 2.78. The number of nitrogens with one attached hydrogen (secondary N) is 1. The largest absolute Gasteiger partial charge is 0.323 e. The molecule has 1 saturated heterocycles. The summed E-state index contributed by atoms with van der Waals surface area (Å²) in [6.45, 7) is 0.686. The molecule has 3 rings (SSSR count).